The molecule has 0 saturated carbocycles. The number of nitrogens with one attached hydrogen (secondary N) is 1. The number of rotatable bonds is 10. The molecule has 37 heavy (non-hydrogen) atoms. The van der Waals surface area contributed by atoms with Gasteiger partial charge in [-0.3, -0.25) is 0 Å². The smallest absolute Gasteiger partial charge is 0.342 e. The number of carbonyl (C=O) groups is 1. The van der Waals surface area contributed by atoms with Crippen molar-refractivity contribution in [3.8, 4) is 16.9 Å². The van der Waals surface area contributed by atoms with Crippen molar-refractivity contribution in [1.29, 1.82) is 0 Å². The Bertz CT molecular complexity index is 1180. The first kappa shape index (κ1) is 26.7. The zero-order chi connectivity index (χ0) is 26.4. The standard InChI is InChI=1S/C31H39N3O3/c1-6-27(26-14-10-11-15-28(26)36-21(2)3)33-24-17-19-34(20-24)30-29(31(35)37-22(4)5)25(16-18-32-30)23-12-8-7-9-13-23/h7-16,18,21-22,24,27,33H,6,17,19-20H2,1-5H3/t24-,27?/m1/s1. The number of hydrogen-bond acceptors (Lipinski definition) is 6. The lowest BCUT2D eigenvalue weighted by Gasteiger charge is -2.26. The molecule has 2 aromatic carbocycles. The minimum Gasteiger partial charge on any atom is -0.491 e. The Hall–Kier alpha value is -3.38. The Labute approximate surface area is 221 Å². The molecule has 0 radical (unpaired) electrons. The number of para-hydroxylation sites is 1. The van der Waals surface area contributed by atoms with Crippen LogP contribution in [0.4, 0.5) is 5.82 Å². The van der Waals surface area contributed by atoms with Gasteiger partial charge < -0.3 is 19.7 Å². The second kappa shape index (κ2) is 12.2. The van der Waals surface area contributed by atoms with Gasteiger partial charge in [0.2, 0.25) is 0 Å². The molecule has 3 aromatic rings. The third-order valence-electron chi connectivity index (χ3n) is 6.55. The van der Waals surface area contributed by atoms with E-state index < -0.39 is 0 Å². The highest BCUT2D eigenvalue weighted by molar-refractivity contribution is 6.02. The number of nitrogens with zero attached hydrogens (tertiary/aromatic N) is 2. The van der Waals surface area contributed by atoms with E-state index in [4.69, 9.17) is 14.5 Å². The summed E-state index contributed by atoms with van der Waals surface area (Å²) in [5, 5.41) is 3.86. The SMILES string of the molecule is CCC(N[C@@H]1CCN(c2nccc(-c3ccccc3)c2C(=O)OC(C)C)C1)c1ccccc1OC(C)C. The van der Waals surface area contributed by atoms with Crippen LogP contribution in [0.15, 0.2) is 66.9 Å². The number of aromatic nitrogens is 1. The second-order valence-corrected chi connectivity index (χ2v) is 10.1. The van der Waals surface area contributed by atoms with Crippen molar-refractivity contribution in [2.24, 2.45) is 0 Å². The van der Waals surface area contributed by atoms with Crippen molar-refractivity contribution in [2.75, 3.05) is 18.0 Å². The largest absolute Gasteiger partial charge is 0.491 e. The second-order valence-electron chi connectivity index (χ2n) is 10.1. The monoisotopic (exact) mass is 501 g/mol. The quantitative estimate of drug-likeness (QED) is 0.323. The Morgan fingerprint density at radius 2 is 1.76 bits per heavy atom. The van der Waals surface area contributed by atoms with Crippen molar-refractivity contribution in [3.05, 3.63) is 78.0 Å². The molecule has 1 unspecified atom stereocenters. The van der Waals surface area contributed by atoms with Gasteiger partial charge in [0, 0.05) is 42.5 Å². The third kappa shape index (κ3) is 6.50. The molecule has 6 nitrogen and oxygen atoms in total. The van der Waals surface area contributed by atoms with E-state index in [0.717, 1.165) is 42.8 Å². The molecule has 0 amide bonds. The van der Waals surface area contributed by atoms with E-state index in [2.05, 4.69) is 43.1 Å². The first-order valence-electron chi connectivity index (χ1n) is 13.4. The summed E-state index contributed by atoms with van der Waals surface area (Å²) < 4.78 is 11.8. The maximum Gasteiger partial charge on any atom is 0.342 e. The summed E-state index contributed by atoms with van der Waals surface area (Å²) in [6.45, 7) is 11.6. The Morgan fingerprint density at radius 1 is 1.03 bits per heavy atom. The number of pyridine rings is 1. The molecule has 1 N–H and O–H groups in total. The fourth-order valence-electron chi connectivity index (χ4n) is 4.95. The molecule has 1 saturated heterocycles. The average Bonchev–Trinajstić information content (AvgIpc) is 3.35. The van der Waals surface area contributed by atoms with Crippen LogP contribution in [0.1, 0.15) is 69.4 Å². The van der Waals surface area contributed by atoms with E-state index in [9.17, 15) is 4.79 Å². The molecule has 0 bridgehead atoms. The fraction of sp³-hybridized carbons (Fsp3) is 0.419. The van der Waals surface area contributed by atoms with Crippen molar-refractivity contribution in [3.63, 3.8) is 0 Å². The summed E-state index contributed by atoms with van der Waals surface area (Å²) in [6, 6.07) is 20.6. The lowest BCUT2D eigenvalue weighted by molar-refractivity contribution is 0.0379. The van der Waals surface area contributed by atoms with Crippen LogP contribution in [0, 0.1) is 0 Å². The van der Waals surface area contributed by atoms with E-state index >= 15 is 0 Å². The van der Waals surface area contributed by atoms with Gasteiger partial charge in [-0.25, -0.2) is 9.78 Å². The molecule has 196 valence electrons. The van der Waals surface area contributed by atoms with Crippen LogP contribution in [0.25, 0.3) is 11.1 Å². The number of benzene rings is 2. The molecule has 6 heteroatoms. The number of carbonyl (C=O) groups excluding carboxylic acids is 1. The van der Waals surface area contributed by atoms with Gasteiger partial charge in [-0.2, -0.15) is 0 Å². The Balaban J connectivity index is 1.59. The summed E-state index contributed by atoms with van der Waals surface area (Å²) in [5.41, 5.74) is 3.54. The van der Waals surface area contributed by atoms with Gasteiger partial charge in [0.25, 0.3) is 0 Å². The van der Waals surface area contributed by atoms with E-state index in [1.807, 2.05) is 62.4 Å². The van der Waals surface area contributed by atoms with Gasteiger partial charge >= 0.3 is 5.97 Å². The predicted octanol–water partition coefficient (Wildman–Crippen LogP) is 6.42. The molecule has 1 aromatic heterocycles. The normalized spacial score (nSPS) is 16.3. The summed E-state index contributed by atoms with van der Waals surface area (Å²) >= 11 is 0. The molecule has 1 aliphatic heterocycles. The molecule has 0 aliphatic carbocycles. The van der Waals surface area contributed by atoms with E-state index in [0.29, 0.717) is 11.4 Å². The fourth-order valence-corrected chi connectivity index (χ4v) is 4.95. The molecular weight excluding hydrogens is 462 g/mol. The van der Waals surface area contributed by atoms with Gasteiger partial charge in [-0.15, -0.1) is 0 Å². The van der Waals surface area contributed by atoms with Gasteiger partial charge in [0.05, 0.1) is 12.2 Å². The molecule has 2 heterocycles. The molecule has 1 fully saturated rings. The van der Waals surface area contributed by atoms with Gasteiger partial charge in [-0.05, 0) is 58.2 Å². The summed E-state index contributed by atoms with van der Waals surface area (Å²) in [5.74, 6) is 1.29. The summed E-state index contributed by atoms with van der Waals surface area (Å²) in [6.07, 6.45) is 3.60. The van der Waals surface area contributed by atoms with Crippen LogP contribution in [0.3, 0.4) is 0 Å². The first-order chi connectivity index (χ1) is 17.9. The first-order valence-corrected chi connectivity index (χ1v) is 13.4. The lowest BCUT2D eigenvalue weighted by Crippen LogP contribution is -2.36. The number of esters is 1. The van der Waals surface area contributed by atoms with Crippen LogP contribution in [0.2, 0.25) is 0 Å². The average molecular weight is 502 g/mol. The summed E-state index contributed by atoms with van der Waals surface area (Å²) in [7, 11) is 0. The van der Waals surface area contributed by atoms with Crippen molar-refractivity contribution in [2.45, 2.75) is 71.8 Å². The highest BCUT2D eigenvalue weighted by Crippen LogP contribution is 2.34. The predicted molar refractivity (Wildman–Crippen MR) is 149 cm³/mol. The van der Waals surface area contributed by atoms with E-state index in [1.165, 1.54) is 5.56 Å². The minimum absolute atomic E-state index is 0.118. The van der Waals surface area contributed by atoms with E-state index in [-0.39, 0.29) is 30.3 Å². The van der Waals surface area contributed by atoms with E-state index in [1.54, 1.807) is 6.20 Å². The topological polar surface area (TPSA) is 63.7 Å². The van der Waals surface area contributed by atoms with Crippen LogP contribution in [0.5, 0.6) is 5.75 Å². The number of ether oxygens (including phenoxy) is 2. The van der Waals surface area contributed by atoms with Crippen LogP contribution in [-0.4, -0.2) is 42.3 Å². The van der Waals surface area contributed by atoms with Crippen LogP contribution >= 0.6 is 0 Å². The van der Waals surface area contributed by atoms with Gasteiger partial charge in [-0.1, -0.05) is 55.5 Å². The zero-order valence-corrected chi connectivity index (χ0v) is 22.6. The van der Waals surface area contributed by atoms with Crippen LogP contribution in [-0.2, 0) is 4.74 Å². The molecule has 1 aliphatic rings. The molecule has 2 atom stereocenters. The zero-order valence-electron chi connectivity index (χ0n) is 22.6. The minimum atomic E-state index is -0.334. The van der Waals surface area contributed by atoms with Crippen molar-refractivity contribution < 1.29 is 14.3 Å². The van der Waals surface area contributed by atoms with Crippen molar-refractivity contribution >= 4 is 11.8 Å². The maximum atomic E-state index is 13.3. The van der Waals surface area contributed by atoms with Gasteiger partial charge in [0.15, 0.2) is 0 Å². The highest BCUT2D eigenvalue weighted by Gasteiger charge is 2.31. The Kier molecular flexibility index (Phi) is 8.82. The van der Waals surface area contributed by atoms with Crippen LogP contribution < -0.4 is 15.0 Å². The maximum absolute atomic E-state index is 13.3. The third-order valence-corrected chi connectivity index (χ3v) is 6.55. The van der Waals surface area contributed by atoms with Gasteiger partial charge in [0.1, 0.15) is 17.1 Å². The Morgan fingerprint density at radius 3 is 2.46 bits per heavy atom. The molecular formula is C31H39N3O3. The molecule has 0 spiro atoms. The highest BCUT2D eigenvalue weighted by atomic mass is 16.5. The molecule has 4 rings (SSSR count). The number of hydrogen-bond donors (Lipinski definition) is 1. The lowest BCUT2D eigenvalue weighted by atomic mass is 10.0. The van der Waals surface area contributed by atoms with Crippen molar-refractivity contribution in [1.82, 2.24) is 10.3 Å². The number of anilines is 1. The summed E-state index contributed by atoms with van der Waals surface area (Å²) in [4.78, 5) is 20.2.